The van der Waals surface area contributed by atoms with Crippen molar-refractivity contribution in [3.05, 3.63) is 60.8 Å². The van der Waals surface area contributed by atoms with Crippen LogP contribution in [0.15, 0.2) is 60.8 Å². The van der Waals surface area contributed by atoms with E-state index in [2.05, 4.69) is 62.5 Å². The zero-order chi connectivity index (χ0) is 43.8. The Morgan fingerprint density at radius 1 is 0.500 bits per heavy atom. The number of esters is 1. The fourth-order valence-electron chi connectivity index (χ4n) is 7.55. The summed E-state index contributed by atoms with van der Waals surface area (Å²) < 4.78 is 5.91. The molecule has 0 radical (unpaired) electrons. The van der Waals surface area contributed by atoms with Crippen molar-refractivity contribution in [2.75, 3.05) is 6.61 Å². The number of hydrogen-bond donors (Lipinski definition) is 3. The highest BCUT2D eigenvalue weighted by Crippen LogP contribution is 2.17. The Balaban J connectivity index is 4.63. The van der Waals surface area contributed by atoms with Gasteiger partial charge in [0, 0.05) is 6.42 Å². The van der Waals surface area contributed by atoms with Crippen LogP contribution in [0.2, 0.25) is 0 Å². The van der Waals surface area contributed by atoms with Crippen LogP contribution in [0.4, 0.5) is 0 Å². The molecular weight excluding hydrogens is 743 g/mol. The number of carbonyl (C=O) groups is 2. The first-order valence-electron chi connectivity index (χ1n) is 25.6. The maximum absolute atomic E-state index is 13.2. The number of ether oxygens (including phenoxy) is 1. The van der Waals surface area contributed by atoms with Gasteiger partial charge in [0.25, 0.3) is 0 Å². The van der Waals surface area contributed by atoms with Crippen LogP contribution in [0.3, 0.4) is 0 Å². The summed E-state index contributed by atoms with van der Waals surface area (Å²) in [5.41, 5.74) is 0. The van der Waals surface area contributed by atoms with Gasteiger partial charge in [0.15, 0.2) is 0 Å². The molecule has 0 aromatic carbocycles. The highest BCUT2D eigenvalue weighted by atomic mass is 16.5. The SMILES string of the molecule is CC/C=C/C=C/C=C/C=C\CCCCCC(CC(=O)NC(CO)C(O)CCCCCCCCCCCCCC)OC(=O)CCCCCCC/C=C/CCCCCCCCC. The maximum atomic E-state index is 13.2. The molecule has 0 saturated carbocycles. The summed E-state index contributed by atoms with van der Waals surface area (Å²) in [7, 11) is 0. The number of unbranched alkanes of at least 4 members (excludes halogenated alkanes) is 26. The molecule has 3 unspecified atom stereocenters. The predicted octanol–water partition coefficient (Wildman–Crippen LogP) is 15.2. The minimum absolute atomic E-state index is 0.0473. The molecule has 6 heteroatoms. The van der Waals surface area contributed by atoms with Gasteiger partial charge in [0.05, 0.1) is 25.2 Å². The van der Waals surface area contributed by atoms with E-state index >= 15 is 0 Å². The van der Waals surface area contributed by atoms with Crippen LogP contribution < -0.4 is 5.32 Å². The largest absolute Gasteiger partial charge is 0.462 e. The second-order valence-electron chi connectivity index (χ2n) is 17.3. The third-order valence-electron chi connectivity index (χ3n) is 11.4. The molecular formula is C54H97NO5. The van der Waals surface area contributed by atoms with Crippen molar-refractivity contribution in [1.82, 2.24) is 5.32 Å². The topological polar surface area (TPSA) is 95.9 Å². The van der Waals surface area contributed by atoms with Gasteiger partial charge in [-0.05, 0) is 70.6 Å². The molecule has 0 spiro atoms. The quantitative estimate of drug-likeness (QED) is 0.0246. The number of carbonyl (C=O) groups excluding carboxylic acids is 2. The number of aliphatic hydroxyl groups excluding tert-OH is 2. The maximum Gasteiger partial charge on any atom is 0.306 e. The Hall–Kier alpha value is -2.44. The molecule has 0 aliphatic heterocycles. The van der Waals surface area contributed by atoms with Gasteiger partial charge in [0.2, 0.25) is 5.91 Å². The number of amides is 1. The van der Waals surface area contributed by atoms with E-state index in [-0.39, 0.29) is 24.9 Å². The van der Waals surface area contributed by atoms with E-state index in [9.17, 15) is 19.8 Å². The van der Waals surface area contributed by atoms with E-state index in [1.54, 1.807) is 0 Å². The minimum Gasteiger partial charge on any atom is -0.462 e. The summed E-state index contributed by atoms with van der Waals surface area (Å²) in [6, 6.07) is -0.716. The van der Waals surface area contributed by atoms with Gasteiger partial charge in [-0.25, -0.2) is 0 Å². The van der Waals surface area contributed by atoms with Crippen molar-refractivity contribution in [2.45, 2.75) is 264 Å². The third-order valence-corrected chi connectivity index (χ3v) is 11.4. The highest BCUT2D eigenvalue weighted by Gasteiger charge is 2.24. The summed E-state index contributed by atoms with van der Waals surface area (Å²) in [4.78, 5) is 26.1. The van der Waals surface area contributed by atoms with Crippen LogP contribution in [-0.2, 0) is 14.3 Å². The molecule has 3 atom stereocenters. The second-order valence-corrected chi connectivity index (χ2v) is 17.3. The number of nitrogens with one attached hydrogen (secondary N) is 1. The van der Waals surface area contributed by atoms with E-state index in [1.807, 2.05) is 24.3 Å². The zero-order valence-electron chi connectivity index (χ0n) is 39.6. The van der Waals surface area contributed by atoms with Crippen LogP contribution in [0.25, 0.3) is 0 Å². The van der Waals surface area contributed by atoms with E-state index in [4.69, 9.17) is 4.74 Å². The molecule has 0 saturated heterocycles. The van der Waals surface area contributed by atoms with Gasteiger partial charge in [0.1, 0.15) is 6.10 Å². The number of hydrogen-bond acceptors (Lipinski definition) is 5. The first-order chi connectivity index (χ1) is 29.5. The first-order valence-corrected chi connectivity index (χ1v) is 25.6. The standard InChI is InChI=1S/C54H97NO5/c1-4-7-10-13-16-19-22-25-26-27-29-32-35-38-41-44-47-54(59)60-50(45-42-39-36-33-30-28-23-20-17-14-11-8-5-2)48-53(58)55-51(49-56)52(57)46-43-40-37-34-31-24-21-18-15-12-9-6-3/h8,11,14,17,20,23,26-28,30,50-52,56-57H,4-7,9-10,12-13,15-16,18-19,21-22,24-25,29,31-49H2,1-3H3,(H,55,58)/b11-8+,17-14+,23-20+,27-26+,30-28-. The summed E-state index contributed by atoms with van der Waals surface area (Å²) >= 11 is 0. The second kappa shape index (κ2) is 47.6. The van der Waals surface area contributed by atoms with E-state index in [1.165, 1.54) is 122 Å². The summed E-state index contributed by atoms with van der Waals surface area (Å²) in [5.74, 6) is -0.522. The van der Waals surface area contributed by atoms with Crippen LogP contribution >= 0.6 is 0 Å². The molecule has 0 heterocycles. The Bertz CT molecular complexity index is 1080. The average Bonchev–Trinajstić information content (AvgIpc) is 3.24. The third kappa shape index (κ3) is 42.3. The van der Waals surface area contributed by atoms with Crippen molar-refractivity contribution in [3.8, 4) is 0 Å². The van der Waals surface area contributed by atoms with E-state index < -0.39 is 18.2 Å². The monoisotopic (exact) mass is 840 g/mol. The van der Waals surface area contributed by atoms with Crippen molar-refractivity contribution < 1.29 is 24.5 Å². The van der Waals surface area contributed by atoms with Gasteiger partial charge in [-0.15, -0.1) is 0 Å². The Labute approximate surface area is 371 Å². The highest BCUT2D eigenvalue weighted by molar-refractivity contribution is 5.77. The van der Waals surface area contributed by atoms with Crippen molar-refractivity contribution >= 4 is 11.9 Å². The molecule has 60 heavy (non-hydrogen) atoms. The molecule has 0 aliphatic rings. The lowest BCUT2D eigenvalue weighted by Crippen LogP contribution is -2.46. The molecule has 348 valence electrons. The zero-order valence-corrected chi connectivity index (χ0v) is 39.6. The molecule has 0 aliphatic carbocycles. The summed E-state index contributed by atoms with van der Waals surface area (Å²) in [6.07, 6.45) is 58.5. The molecule has 0 aromatic rings. The molecule has 0 fully saturated rings. The molecule has 0 bridgehead atoms. The van der Waals surface area contributed by atoms with Crippen LogP contribution in [0.1, 0.15) is 245 Å². The Morgan fingerprint density at radius 2 is 0.917 bits per heavy atom. The number of rotatable bonds is 45. The molecule has 0 aromatic heterocycles. The molecule has 6 nitrogen and oxygen atoms in total. The summed E-state index contributed by atoms with van der Waals surface area (Å²) in [5, 5.41) is 23.7. The lowest BCUT2D eigenvalue weighted by molar-refractivity contribution is -0.151. The van der Waals surface area contributed by atoms with Crippen molar-refractivity contribution in [1.29, 1.82) is 0 Å². The normalized spacial score (nSPS) is 13.8. The molecule has 0 rings (SSSR count). The Morgan fingerprint density at radius 3 is 1.43 bits per heavy atom. The lowest BCUT2D eigenvalue weighted by atomic mass is 10.0. The summed E-state index contributed by atoms with van der Waals surface area (Å²) in [6.45, 7) is 6.33. The van der Waals surface area contributed by atoms with Gasteiger partial charge in [-0.3, -0.25) is 9.59 Å². The first kappa shape index (κ1) is 57.6. The van der Waals surface area contributed by atoms with Gasteiger partial charge < -0.3 is 20.3 Å². The minimum atomic E-state index is -0.800. The number of allylic oxidation sites excluding steroid dienone is 10. The predicted molar refractivity (Wildman–Crippen MR) is 259 cm³/mol. The van der Waals surface area contributed by atoms with Gasteiger partial charge in [-0.2, -0.15) is 0 Å². The number of aliphatic hydroxyl groups is 2. The smallest absolute Gasteiger partial charge is 0.306 e. The molecule has 3 N–H and O–H groups in total. The molecule has 1 amide bonds. The van der Waals surface area contributed by atoms with Gasteiger partial charge >= 0.3 is 5.97 Å². The lowest BCUT2D eigenvalue weighted by Gasteiger charge is -2.24. The van der Waals surface area contributed by atoms with Crippen LogP contribution in [-0.4, -0.2) is 46.9 Å². The van der Waals surface area contributed by atoms with Crippen LogP contribution in [0, 0.1) is 0 Å². The van der Waals surface area contributed by atoms with E-state index in [0.29, 0.717) is 19.3 Å². The van der Waals surface area contributed by atoms with Crippen molar-refractivity contribution in [3.63, 3.8) is 0 Å². The fourth-order valence-corrected chi connectivity index (χ4v) is 7.55. The fraction of sp³-hybridized carbons (Fsp3) is 0.778. The Kier molecular flexibility index (Phi) is 45.7. The van der Waals surface area contributed by atoms with E-state index in [0.717, 1.165) is 77.0 Å². The van der Waals surface area contributed by atoms with Gasteiger partial charge in [-0.1, -0.05) is 223 Å². The van der Waals surface area contributed by atoms with Crippen molar-refractivity contribution in [2.24, 2.45) is 0 Å². The van der Waals surface area contributed by atoms with Crippen LogP contribution in [0.5, 0.6) is 0 Å². The average molecular weight is 840 g/mol.